The van der Waals surface area contributed by atoms with Gasteiger partial charge in [-0.3, -0.25) is 10.5 Å². The van der Waals surface area contributed by atoms with E-state index in [1.807, 2.05) is 50.2 Å². The second-order valence-corrected chi connectivity index (χ2v) is 8.90. The molecule has 32 heavy (non-hydrogen) atoms. The van der Waals surface area contributed by atoms with E-state index < -0.39 is 11.8 Å². The smallest absolute Gasteiger partial charge is 0.243 e. The molecule has 0 amide bonds. The average molecular weight is 563 g/mol. The van der Waals surface area contributed by atoms with Crippen LogP contribution in [0.5, 0.6) is 17.4 Å². The molecule has 1 aromatic heterocycles. The van der Waals surface area contributed by atoms with Crippen molar-refractivity contribution in [2.24, 2.45) is 5.92 Å². The van der Waals surface area contributed by atoms with Gasteiger partial charge in [0, 0.05) is 22.2 Å². The largest absolute Gasteiger partial charge is 0.490 e. The summed E-state index contributed by atoms with van der Waals surface area (Å²) in [7, 11) is 0. The number of aromatic nitrogens is 2. The molecule has 4 rings (SSSR count). The minimum absolute atomic E-state index is 0.120. The Morgan fingerprint density at radius 1 is 1.31 bits per heavy atom. The normalized spacial score (nSPS) is 17.3. The summed E-state index contributed by atoms with van der Waals surface area (Å²) in [5.74, 6) is 0.223. The molecule has 2 heterocycles. The fraction of sp³-hybridized carbons (Fsp3) is 0.261. The molecule has 2 unspecified atom stereocenters. The summed E-state index contributed by atoms with van der Waals surface area (Å²) in [5.41, 5.74) is 3.35. The zero-order valence-electron chi connectivity index (χ0n) is 17.4. The molecule has 1 aliphatic rings. The Hall–Kier alpha value is -2.77. The standard InChI is InChI=1S/C23H20ClIN4O3/c1-3-30-18-9-14(8-17(25)21(18)31-11-13-5-4-6-15(24)7-13)20-16(10-26)22(27)32-23-19(20)12(2)28-29-23/h4-9,16,20,27H,3,11H2,1-2H3,(H,28,29). The molecule has 0 saturated carbocycles. The van der Waals surface area contributed by atoms with Crippen LogP contribution in [0.2, 0.25) is 5.02 Å². The van der Waals surface area contributed by atoms with Crippen molar-refractivity contribution >= 4 is 40.1 Å². The highest BCUT2D eigenvalue weighted by molar-refractivity contribution is 14.1. The number of nitrogens with zero attached hydrogens (tertiary/aromatic N) is 2. The fourth-order valence-corrected chi connectivity index (χ4v) is 4.78. The number of benzene rings is 2. The Balaban J connectivity index is 1.75. The number of hydrogen-bond donors (Lipinski definition) is 2. The Labute approximate surface area is 204 Å². The monoisotopic (exact) mass is 562 g/mol. The van der Waals surface area contributed by atoms with Crippen molar-refractivity contribution in [2.75, 3.05) is 6.61 Å². The van der Waals surface area contributed by atoms with Gasteiger partial charge < -0.3 is 14.2 Å². The number of fused-ring (bicyclic) bond motifs is 1. The number of ether oxygens (including phenoxy) is 3. The van der Waals surface area contributed by atoms with Gasteiger partial charge in [0.2, 0.25) is 11.8 Å². The summed E-state index contributed by atoms with van der Waals surface area (Å²) in [5, 5.41) is 25.7. The molecule has 2 atom stereocenters. The van der Waals surface area contributed by atoms with E-state index in [1.165, 1.54) is 0 Å². The molecule has 1 aliphatic heterocycles. The highest BCUT2D eigenvalue weighted by atomic mass is 127. The summed E-state index contributed by atoms with van der Waals surface area (Å²) < 4.78 is 18.3. The van der Waals surface area contributed by atoms with Crippen molar-refractivity contribution in [2.45, 2.75) is 26.4 Å². The van der Waals surface area contributed by atoms with Gasteiger partial charge >= 0.3 is 0 Å². The minimum Gasteiger partial charge on any atom is -0.490 e. The van der Waals surface area contributed by atoms with E-state index >= 15 is 0 Å². The van der Waals surface area contributed by atoms with Crippen molar-refractivity contribution < 1.29 is 14.2 Å². The Morgan fingerprint density at radius 2 is 2.12 bits per heavy atom. The molecule has 0 saturated heterocycles. The third kappa shape index (κ3) is 4.27. The molecule has 2 N–H and O–H groups in total. The maximum atomic E-state index is 9.81. The molecule has 0 bridgehead atoms. The quantitative estimate of drug-likeness (QED) is 0.381. The second kappa shape index (κ2) is 9.38. The lowest BCUT2D eigenvalue weighted by Crippen LogP contribution is -2.31. The van der Waals surface area contributed by atoms with Gasteiger partial charge in [0.05, 0.1) is 16.2 Å². The van der Waals surface area contributed by atoms with E-state index in [-0.39, 0.29) is 5.90 Å². The van der Waals surface area contributed by atoms with Crippen molar-refractivity contribution in [3.8, 4) is 23.4 Å². The first-order valence-electron chi connectivity index (χ1n) is 9.97. The molecular weight excluding hydrogens is 543 g/mol. The van der Waals surface area contributed by atoms with Gasteiger partial charge in [0.25, 0.3) is 0 Å². The Morgan fingerprint density at radius 3 is 2.84 bits per heavy atom. The number of hydrogen-bond acceptors (Lipinski definition) is 6. The number of aryl methyl sites for hydroxylation is 1. The topological polar surface area (TPSA) is 104 Å². The molecule has 9 heteroatoms. The van der Waals surface area contributed by atoms with Crippen molar-refractivity contribution in [1.29, 1.82) is 10.7 Å². The van der Waals surface area contributed by atoms with Crippen LogP contribution in [0.15, 0.2) is 36.4 Å². The second-order valence-electron chi connectivity index (χ2n) is 7.30. The SMILES string of the molecule is CCOc1cc(C2c3c(n[nH]c3C)OC(=N)C2C#N)cc(I)c1OCc1cccc(Cl)c1. The third-order valence-electron chi connectivity index (χ3n) is 5.20. The predicted octanol–water partition coefficient (Wildman–Crippen LogP) is 5.60. The summed E-state index contributed by atoms with van der Waals surface area (Å²) in [6, 6.07) is 13.6. The van der Waals surface area contributed by atoms with Gasteiger partial charge in [-0.2, -0.15) is 5.26 Å². The van der Waals surface area contributed by atoms with Gasteiger partial charge in [-0.1, -0.05) is 23.7 Å². The lowest BCUT2D eigenvalue weighted by atomic mass is 9.79. The van der Waals surface area contributed by atoms with Gasteiger partial charge in [-0.05, 0) is 71.8 Å². The van der Waals surface area contributed by atoms with Crippen LogP contribution in [-0.4, -0.2) is 22.7 Å². The van der Waals surface area contributed by atoms with Crippen molar-refractivity contribution in [1.82, 2.24) is 10.2 Å². The highest BCUT2D eigenvalue weighted by Gasteiger charge is 2.40. The van der Waals surface area contributed by atoms with Crippen LogP contribution in [0.25, 0.3) is 0 Å². The zero-order valence-corrected chi connectivity index (χ0v) is 20.3. The van der Waals surface area contributed by atoms with E-state index in [9.17, 15) is 5.26 Å². The Bertz CT molecular complexity index is 1220. The summed E-state index contributed by atoms with van der Waals surface area (Å²) in [4.78, 5) is 0. The van der Waals surface area contributed by atoms with Crippen LogP contribution in [0.3, 0.4) is 0 Å². The summed E-state index contributed by atoms with van der Waals surface area (Å²) >= 11 is 8.29. The van der Waals surface area contributed by atoms with Gasteiger partial charge in [0.1, 0.15) is 12.5 Å². The van der Waals surface area contributed by atoms with Crippen molar-refractivity contribution in [3.05, 3.63) is 67.4 Å². The number of rotatable bonds is 6. The molecule has 0 spiro atoms. The van der Waals surface area contributed by atoms with Gasteiger partial charge in [-0.15, -0.1) is 5.10 Å². The van der Waals surface area contributed by atoms with E-state index in [1.54, 1.807) is 0 Å². The predicted molar refractivity (Wildman–Crippen MR) is 129 cm³/mol. The number of H-pyrrole nitrogens is 1. The van der Waals surface area contributed by atoms with Crippen LogP contribution in [-0.2, 0) is 6.61 Å². The maximum Gasteiger partial charge on any atom is 0.243 e. The van der Waals surface area contributed by atoms with E-state index in [0.29, 0.717) is 35.6 Å². The molecule has 3 aromatic rings. The molecular formula is C23H20ClIN4O3. The van der Waals surface area contributed by atoms with Crippen LogP contribution >= 0.6 is 34.2 Å². The zero-order chi connectivity index (χ0) is 22.8. The molecule has 2 aromatic carbocycles. The summed E-state index contributed by atoms with van der Waals surface area (Å²) in [6.07, 6.45) is 0. The van der Waals surface area contributed by atoms with Crippen LogP contribution in [0.4, 0.5) is 0 Å². The number of nitriles is 1. The van der Waals surface area contributed by atoms with Crippen molar-refractivity contribution in [3.63, 3.8) is 0 Å². The first-order valence-corrected chi connectivity index (χ1v) is 11.4. The van der Waals surface area contributed by atoms with Crippen LogP contribution in [0, 0.1) is 33.2 Å². The molecule has 0 aliphatic carbocycles. The summed E-state index contributed by atoms with van der Waals surface area (Å²) in [6.45, 7) is 4.57. The number of halogens is 2. The van der Waals surface area contributed by atoms with Gasteiger partial charge in [-0.25, -0.2) is 0 Å². The maximum absolute atomic E-state index is 9.81. The molecule has 164 valence electrons. The third-order valence-corrected chi connectivity index (χ3v) is 6.23. The highest BCUT2D eigenvalue weighted by Crippen LogP contribution is 2.46. The lowest BCUT2D eigenvalue weighted by Gasteiger charge is -2.28. The first kappa shape index (κ1) is 22.4. The Kier molecular flexibility index (Phi) is 6.58. The van der Waals surface area contributed by atoms with Crippen LogP contribution in [0.1, 0.15) is 35.2 Å². The number of aromatic amines is 1. The van der Waals surface area contributed by atoms with Gasteiger partial charge in [0.15, 0.2) is 11.5 Å². The molecule has 0 fully saturated rings. The lowest BCUT2D eigenvalue weighted by molar-refractivity contribution is 0.267. The van der Waals surface area contributed by atoms with E-state index in [2.05, 4.69) is 38.9 Å². The molecule has 0 radical (unpaired) electrons. The molecule has 7 nitrogen and oxygen atoms in total. The fourth-order valence-electron chi connectivity index (χ4n) is 3.79. The first-order chi connectivity index (χ1) is 15.4. The van der Waals surface area contributed by atoms with E-state index in [0.717, 1.165) is 26.0 Å². The minimum atomic E-state index is -0.776. The average Bonchev–Trinajstić information content (AvgIpc) is 3.12. The number of nitrogens with one attached hydrogen (secondary N) is 2. The van der Waals surface area contributed by atoms with Crippen LogP contribution < -0.4 is 14.2 Å². The van der Waals surface area contributed by atoms with E-state index in [4.69, 9.17) is 31.2 Å².